The number of methoxy groups -OCH3 is 1. The van der Waals surface area contributed by atoms with Crippen LogP contribution in [-0.2, 0) is 9.53 Å². The highest BCUT2D eigenvalue weighted by Gasteiger charge is 2.32. The molecule has 1 aliphatic carbocycles. The van der Waals surface area contributed by atoms with Crippen molar-refractivity contribution in [3.8, 4) is 5.75 Å². The van der Waals surface area contributed by atoms with Gasteiger partial charge in [0, 0.05) is 11.5 Å². The quantitative estimate of drug-likeness (QED) is 0.779. The molecule has 0 saturated carbocycles. The summed E-state index contributed by atoms with van der Waals surface area (Å²) in [6.45, 7) is 4.41. The molecule has 0 N–H and O–H groups in total. The molecule has 2 unspecified atom stereocenters. The lowest BCUT2D eigenvalue weighted by molar-refractivity contribution is -0.138. The normalized spacial score (nSPS) is 21.9. The van der Waals surface area contributed by atoms with Crippen LogP contribution in [0.3, 0.4) is 0 Å². The van der Waals surface area contributed by atoms with Gasteiger partial charge in [0.25, 0.3) is 0 Å². The molecule has 2 atom stereocenters. The van der Waals surface area contributed by atoms with E-state index in [0.29, 0.717) is 12.5 Å². The fraction of sp³-hybridized carbons (Fsp3) is 0.438. The first-order chi connectivity index (χ1) is 9.17. The van der Waals surface area contributed by atoms with E-state index in [1.165, 1.54) is 0 Å². The van der Waals surface area contributed by atoms with Gasteiger partial charge in [0.1, 0.15) is 5.75 Å². The van der Waals surface area contributed by atoms with Gasteiger partial charge in [-0.05, 0) is 37.0 Å². The van der Waals surface area contributed by atoms with Crippen LogP contribution >= 0.6 is 0 Å². The largest absolute Gasteiger partial charge is 0.497 e. The maximum atomic E-state index is 12.0. The van der Waals surface area contributed by atoms with Crippen LogP contribution in [0, 0.1) is 5.92 Å². The van der Waals surface area contributed by atoms with Gasteiger partial charge in [0.2, 0.25) is 0 Å². The Balaban J connectivity index is 2.24. The Morgan fingerprint density at radius 1 is 1.32 bits per heavy atom. The summed E-state index contributed by atoms with van der Waals surface area (Å²) in [7, 11) is 1.65. The molecule has 0 fully saturated rings. The van der Waals surface area contributed by atoms with Crippen LogP contribution in [0.1, 0.15) is 31.7 Å². The Labute approximate surface area is 114 Å². The monoisotopic (exact) mass is 260 g/mol. The highest BCUT2D eigenvalue weighted by molar-refractivity contribution is 5.91. The van der Waals surface area contributed by atoms with Crippen molar-refractivity contribution in [1.29, 1.82) is 0 Å². The zero-order valence-corrected chi connectivity index (χ0v) is 11.7. The minimum atomic E-state index is -0.187. The molecule has 2 rings (SSSR count). The lowest BCUT2D eigenvalue weighted by Crippen LogP contribution is -2.15. The lowest BCUT2D eigenvalue weighted by Gasteiger charge is -2.19. The topological polar surface area (TPSA) is 35.5 Å². The van der Waals surface area contributed by atoms with Gasteiger partial charge in [-0.1, -0.05) is 25.1 Å². The molecule has 0 saturated heterocycles. The molecule has 0 radical (unpaired) electrons. The van der Waals surface area contributed by atoms with Gasteiger partial charge in [-0.25, -0.2) is 4.79 Å². The van der Waals surface area contributed by atoms with Crippen molar-refractivity contribution >= 4 is 5.97 Å². The summed E-state index contributed by atoms with van der Waals surface area (Å²) in [5.41, 5.74) is 1.93. The third-order valence-corrected chi connectivity index (χ3v) is 3.60. The van der Waals surface area contributed by atoms with Gasteiger partial charge in [-0.3, -0.25) is 0 Å². The Morgan fingerprint density at radius 2 is 2.00 bits per heavy atom. The highest BCUT2D eigenvalue weighted by atomic mass is 16.5. The number of hydrogen-bond acceptors (Lipinski definition) is 3. The maximum Gasteiger partial charge on any atom is 0.334 e. The van der Waals surface area contributed by atoms with Gasteiger partial charge in [0.05, 0.1) is 13.7 Å². The number of rotatable bonds is 4. The second-order valence-electron chi connectivity index (χ2n) is 4.84. The zero-order chi connectivity index (χ0) is 13.8. The molecule has 3 heteroatoms. The summed E-state index contributed by atoms with van der Waals surface area (Å²) < 4.78 is 10.3. The van der Waals surface area contributed by atoms with Crippen LogP contribution in [0.4, 0.5) is 0 Å². The molecule has 0 aliphatic heterocycles. The van der Waals surface area contributed by atoms with Crippen molar-refractivity contribution in [2.75, 3.05) is 13.7 Å². The van der Waals surface area contributed by atoms with Gasteiger partial charge in [0.15, 0.2) is 0 Å². The molecular weight excluding hydrogens is 240 g/mol. The third-order valence-electron chi connectivity index (χ3n) is 3.60. The Kier molecular flexibility index (Phi) is 4.25. The minimum absolute atomic E-state index is 0.130. The van der Waals surface area contributed by atoms with Gasteiger partial charge in [-0.15, -0.1) is 0 Å². The van der Waals surface area contributed by atoms with Crippen LogP contribution < -0.4 is 4.74 Å². The summed E-state index contributed by atoms with van der Waals surface area (Å²) in [5.74, 6) is 1.20. The van der Waals surface area contributed by atoms with Crippen molar-refractivity contribution in [3.63, 3.8) is 0 Å². The predicted octanol–water partition coefficient (Wildman–Crippen LogP) is 3.31. The van der Waals surface area contributed by atoms with E-state index in [1.807, 2.05) is 37.3 Å². The summed E-state index contributed by atoms with van der Waals surface area (Å²) in [6.07, 6.45) is 2.93. The number of carbonyl (C=O) groups is 1. The Morgan fingerprint density at radius 3 is 2.58 bits per heavy atom. The highest BCUT2D eigenvalue weighted by Crippen LogP contribution is 2.40. The van der Waals surface area contributed by atoms with Crippen molar-refractivity contribution < 1.29 is 14.3 Å². The first kappa shape index (κ1) is 13.7. The standard InChI is InChI=1S/C16H20O3/c1-4-19-16(17)14-10-5-11(2)15(14)12-6-8-13(18-3)9-7-12/h6-11,15H,4-5H2,1-3H3. The van der Waals surface area contributed by atoms with E-state index >= 15 is 0 Å². The van der Waals surface area contributed by atoms with Crippen LogP contribution in [-0.4, -0.2) is 19.7 Å². The van der Waals surface area contributed by atoms with Gasteiger partial charge in [-0.2, -0.15) is 0 Å². The average molecular weight is 260 g/mol. The number of benzene rings is 1. The lowest BCUT2D eigenvalue weighted by atomic mass is 9.86. The molecule has 0 bridgehead atoms. The van der Waals surface area contributed by atoms with Crippen molar-refractivity contribution in [2.24, 2.45) is 5.92 Å². The van der Waals surface area contributed by atoms with E-state index in [9.17, 15) is 4.79 Å². The molecule has 19 heavy (non-hydrogen) atoms. The minimum Gasteiger partial charge on any atom is -0.497 e. The third kappa shape index (κ3) is 2.80. The molecule has 0 amide bonds. The molecule has 0 heterocycles. The van der Waals surface area contributed by atoms with Gasteiger partial charge < -0.3 is 9.47 Å². The number of carbonyl (C=O) groups excluding carboxylic acids is 1. The second kappa shape index (κ2) is 5.91. The van der Waals surface area contributed by atoms with E-state index in [1.54, 1.807) is 7.11 Å². The van der Waals surface area contributed by atoms with Gasteiger partial charge >= 0.3 is 5.97 Å². The SMILES string of the molecule is CCOC(=O)C1=CCC(C)C1c1ccc(OC)cc1. The molecule has 102 valence electrons. The number of esters is 1. The Hall–Kier alpha value is -1.77. The Bertz CT molecular complexity index is 473. The molecule has 1 aliphatic rings. The van der Waals surface area contributed by atoms with E-state index < -0.39 is 0 Å². The van der Waals surface area contributed by atoms with Crippen LogP contribution in [0.5, 0.6) is 5.75 Å². The number of allylic oxidation sites excluding steroid dienone is 1. The molecule has 0 spiro atoms. The van der Waals surface area contributed by atoms with Crippen molar-refractivity contribution in [1.82, 2.24) is 0 Å². The molecular formula is C16H20O3. The molecule has 1 aromatic carbocycles. The maximum absolute atomic E-state index is 12.0. The first-order valence-corrected chi connectivity index (χ1v) is 6.68. The number of ether oxygens (including phenoxy) is 2. The molecule has 1 aromatic rings. The fourth-order valence-corrected chi connectivity index (χ4v) is 2.63. The van der Waals surface area contributed by atoms with E-state index in [2.05, 4.69) is 6.92 Å². The van der Waals surface area contributed by atoms with Crippen molar-refractivity contribution in [3.05, 3.63) is 41.5 Å². The molecule has 0 aromatic heterocycles. The zero-order valence-electron chi connectivity index (χ0n) is 11.7. The second-order valence-corrected chi connectivity index (χ2v) is 4.84. The van der Waals surface area contributed by atoms with E-state index in [0.717, 1.165) is 23.3 Å². The van der Waals surface area contributed by atoms with Crippen molar-refractivity contribution in [2.45, 2.75) is 26.2 Å². The number of hydrogen-bond donors (Lipinski definition) is 0. The predicted molar refractivity (Wildman–Crippen MR) is 74.2 cm³/mol. The van der Waals surface area contributed by atoms with E-state index in [4.69, 9.17) is 9.47 Å². The smallest absolute Gasteiger partial charge is 0.334 e. The summed E-state index contributed by atoms with van der Waals surface area (Å²) in [4.78, 5) is 12.0. The summed E-state index contributed by atoms with van der Waals surface area (Å²) in [6, 6.07) is 7.92. The molecule has 3 nitrogen and oxygen atoms in total. The first-order valence-electron chi connectivity index (χ1n) is 6.68. The summed E-state index contributed by atoms with van der Waals surface area (Å²) in [5, 5.41) is 0. The van der Waals surface area contributed by atoms with E-state index in [-0.39, 0.29) is 11.9 Å². The summed E-state index contributed by atoms with van der Waals surface area (Å²) >= 11 is 0. The van der Waals surface area contributed by atoms with Crippen LogP contribution in [0.2, 0.25) is 0 Å². The van der Waals surface area contributed by atoms with Crippen LogP contribution in [0.25, 0.3) is 0 Å². The fourth-order valence-electron chi connectivity index (χ4n) is 2.63. The van der Waals surface area contributed by atoms with Crippen LogP contribution in [0.15, 0.2) is 35.9 Å². The average Bonchev–Trinajstić information content (AvgIpc) is 2.81.